The van der Waals surface area contributed by atoms with Crippen LogP contribution in [0.2, 0.25) is 0 Å². The van der Waals surface area contributed by atoms with E-state index in [9.17, 15) is 25.5 Å². The molecule has 1 aliphatic rings. The Morgan fingerprint density at radius 1 is 1.06 bits per heavy atom. The van der Waals surface area contributed by atoms with E-state index in [-0.39, 0.29) is 10.8 Å². The van der Waals surface area contributed by atoms with E-state index < -0.39 is 30.5 Å². The molecular weight excluding hydrogens is 238 g/mol. The van der Waals surface area contributed by atoms with Crippen molar-refractivity contribution in [1.82, 2.24) is 5.43 Å². The lowest BCUT2D eigenvalue weighted by Gasteiger charge is -2.36. The van der Waals surface area contributed by atoms with E-state index in [4.69, 9.17) is 5.73 Å². The van der Waals surface area contributed by atoms with Crippen molar-refractivity contribution in [3.63, 3.8) is 0 Å². The Morgan fingerprint density at radius 2 is 1.50 bits per heavy atom. The Balaban J connectivity index is 2.90. The standard InChI is InChI=1S/C7H13N3O5S/c8-7(16)10-9-1-2(11)4(13)6(15)5(14)3(1)12/h2-6,11-15H,(H3,8,10,16)/b9-1-/t2-,3+,4-,5-,6-/m1/s1. The van der Waals surface area contributed by atoms with Gasteiger partial charge in [0.05, 0.1) is 0 Å². The Kier molecular flexibility index (Phi) is 4.13. The van der Waals surface area contributed by atoms with Gasteiger partial charge in [0.25, 0.3) is 0 Å². The number of hydrogen-bond acceptors (Lipinski definition) is 7. The molecule has 1 aliphatic carbocycles. The summed E-state index contributed by atoms with van der Waals surface area (Å²) in [6.07, 6.45) is -8.19. The predicted octanol–water partition coefficient (Wildman–Crippen LogP) is -4.01. The monoisotopic (exact) mass is 251 g/mol. The molecule has 9 heteroatoms. The summed E-state index contributed by atoms with van der Waals surface area (Å²) in [4.78, 5) is 0. The normalized spacial score (nSPS) is 42.1. The maximum atomic E-state index is 9.47. The van der Waals surface area contributed by atoms with Gasteiger partial charge in [-0.05, 0) is 12.2 Å². The number of hydrogen-bond donors (Lipinski definition) is 7. The number of aliphatic hydroxyl groups is 5. The molecule has 1 saturated carbocycles. The average molecular weight is 251 g/mol. The lowest BCUT2D eigenvalue weighted by molar-refractivity contribution is -0.130. The van der Waals surface area contributed by atoms with Crippen LogP contribution in [0.15, 0.2) is 5.10 Å². The molecule has 0 spiro atoms. The Hall–Kier alpha value is -0.840. The number of hydrazone groups is 1. The van der Waals surface area contributed by atoms with Crippen LogP contribution in [0, 0.1) is 0 Å². The molecule has 0 amide bonds. The van der Waals surface area contributed by atoms with Gasteiger partial charge < -0.3 is 31.3 Å². The zero-order valence-electron chi connectivity index (χ0n) is 8.06. The number of nitrogens with zero attached hydrogens (tertiary/aromatic N) is 1. The number of nitrogens with two attached hydrogens (primary N) is 1. The summed E-state index contributed by atoms with van der Waals surface area (Å²) >= 11 is 4.45. The molecule has 0 saturated heterocycles. The fraction of sp³-hybridized carbons (Fsp3) is 0.714. The molecule has 0 radical (unpaired) electrons. The van der Waals surface area contributed by atoms with Crippen molar-refractivity contribution < 1.29 is 25.5 Å². The molecule has 16 heavy (non-hydrogen) atoms. The van der Waals surface area contributed by atoms with E-state index in [0.29, 0.717) is 0 Å². The second-order valence-electron chi connectivity index (χ2n) is 3.37. The molecule has 0 aromatic carbocycles. The zero-order valence-corrected chi connectivity index (χ0v) is 8.87. The van der Waals surface area contributed by atoms with E-state index in [1.165, 1.54) is 0 Å². The van der Waals surface area contributed by atoms with Gasteiger partial charge in [0.1, 0.15) is 36.2 Å². The molecular formula is C7H13N3O5S. The molecule has 0 unspecified atom stereocenters. The predicted molar refractivity (Wildman–Crippen MR) is 57.4 cm³/mol. The molecule has 5 atom stereocenters. The van der Waals surface area contributed by atoms with Gasteiger partial charge in [0.15, 0.2) is 5.11 Å². The van der Waals surface area contributed by atoms with Crippen molar-refractivity contribution in [2.24, 2.45) is 10.8 Å². The fourth-order valence-corrected chi connectivity index (χ4v) is 1.40. The summed E-state index contributed by atoms with van der Waals surface area (Å²) in [7, 11) is 0. The van der Waals surface area contributed by atoms with E-state index in [1.54, 1.807) is 0 Å². The van der Waals surface area contributed by atoms with Crippen molar-refractivity contribution >= 4 is 23.0 Å². The maximum Gasteiger partial charge on any atom is 0.184 e. The lowest BCUT2D eigenvalue weighted by Crippen LogP contribution is -2.62. The van der Waals surface area contributed by atoms with Gasteiger partial charge in [-0.1, -0.05) is 0 Å². The summed E-state index contributed by atoms with van der Waals surface area (Å²) < 4.78 is 0. The van der Waals surface area contributed by atoms with Gasteiger partial charge in [-0.2, -0.15) is 5.10 Å². The first-order chi connectivity index (χ1) is 7.36. The fourth-order valence-electron chi connectivity index (χ4n) is 1.35. The molecule has 1 rings (SSSR count). The smallest absolute Gasteiger partial charge is 0.184 e. The third kappa shape index (κ3) is 2.45. The number of nitrogens with one attached hydrogen (secondary N) is 1. The molecule has 0 aromatic heterocycles. The van der Waals surface area contributed by atoms with Gasteiger partial charge in [-0.15, -0.1) is 0 Å². The van der Waals surface area contributed by atoms with Gasteiger partial charge in [0.2, 0.25) is 0 Å². The van der Waals surface area contributed by atoms with Crippen LogP contribution in [0.4, 0.5) is 0 Å². The van der Waals surface area contributed by atoms with E-state index in [2.05, 4.69) is 22.7 Å². The first-order valence-electron chi connectivity index (χ1n) is 4.39. The van der Waals surface area contributed by atoms with Crippen molar-refractivity contribution in [2.75, 3.05) is 0 Å². The van der Waals surface area contributed by atoms with Gasteiger partial charge in [0, 0.05) is 0 Å². The first-order valence-corrected chi connectivity index (χ1v) is 4.80. The third-order valence-electron chi connectivity index (χ3n) is 2.25. The molecule has 92 valence electrons. The minimum Gasteiger partial charge on any atom is -0.387 e. The van der Waals surface area contributed by atoms with Crippen molar-refractivity contribution in [3.05, 3.63) is 0 Å². The SMILES string of the molecule is NC(=S)N/N=C1/[C@@H](O)[C@@H](O)[C@@H](O)[C@H](O)[C@H]1O. The lowest BCUT2D eigenvalue weighted by atomic mass is 9.86. The highest BCUT2D eigenvalue weighted by molar-refractivity contribution is 7.80. The Labute approximate surface area is 96.0 Å². The van der Waals surface area contributed by atoms with Crippen LogP contribution in [0.1, 0.15) is 0 Å². The summed E-state index contributed by atoms with van der Waals surface area (Å²) in [5.74, 6) is 0. The van der Waals surface area contributed by atoms with Crippen LogP contribution >= 0.6 is 12.2 Å². The van der Waals surface area contributed by atoms with Gasteiger partial charge >= 0.3 is 0 Å². The quantitative estimate of drug-likeness (QED) is 0.184. The molecule has 0 aliphatic heterocycles. The van der Waals surface area contributed by atoms with Crippen molar-refractivity contribution in [2.45, 2.75) is 30.5 Å². The first kappa shape index (κ1) is 13.2. The van der Waals surface area contributed by atoms with Crippen LogP contribution in [-0.2, 0) is 0 Å². The van der Waals surface area contributed by atoms with E-state index in [1.807, 2.05) is 0 Å². The van der Waals surface area contributed by atoms with Crippen LogP contribution in [0.25, 0.3) is 0 Å². The molecule has 8 N–H and O–H groups in total. The summed E-state index contributed by atoms with van der Waals surface area (Å²) in [6.45, 7) is 0. The summed E-state index contributed by atoms with van der Waals surface area (Å²) in [6, 6.07) is 0. The number of aliphatic hydroxyl groups excluding tert-OH is 5. The zero-order chi connectivity index (χ0) is 12.5. The second-order valence-corrected chi connectivity index (χ2v) is 3.81. The highest BCUT2D eigenvalue weighted by Gasteiger charge is 2.46. The number of thiocarbonyl (C=S) groups is 1. The van der Waals surface area contributed by atoms with E-state index >= 15 is 0 Å². The summed E-state index contributed by atoms with van der Waals surface area (Å²) in [5.41, 5.74) is 6.83. The highest BCUT2D eigenvalue weighted by atomic mass is 32.1. The van der Waals surface area contributed by atoms with Gasteiger partial charge in [-0.25, -0.2) is 0 Å². The highest BCUT2D eigenvalue weighted by Crippen LogP contribution is 2.18. The second kappa shape index (κ2) is 4.99. The Bertz CT molecular complexity index is 294. The maximum absolute atomic E-state index is 9.47. The minimum atomic E-state index is -1.66. The molecule has 1 fully saturated rings. The topological polar surface area (TPSA) is 152 Å². The van der Waals surface area contributed by atoms with Crippen LogP contribution in [-0.4, -0.2) is 66.9 Å². The van der Waals surface area contributed by atoms with Crippen LogP contribution < -0.4 is 11.2 Å². The minimum absolute atomic E-state index is 0.206. The number of rotatable bonds is 1. The molecule has 0 heterocycles. The van der Waals surface area contributed by atoms with E-state index in [0.717, 1.165) is 0 Å². The molecule has 0 bridgehead atoms. The van der Waals surface area contributed by atoms with Crippen LogP contribution in [0.5, 0.6) is 0 Å². The summed E-state index contributed by atoms with van der Waals surface area (Å²) in [5, 5.41) is 50.1. The van der Waals surface area contributed by atoms with Crippen molar-refractivity contribution in [3.8, 4) is 0 Å². The van der Waals surface area contributed by atoms with Crippen molar-refractivity contribution in [1.29, 1.82) is 0 Å². The van der Waals surface area contributed by atoms with Gasteiger partial charge in [-0.3, -0.25) is 5.43 Å². The third-order valence-corrected chi connectivity index (χ3v) is 2.34. The van der Waals surface area contributed by atoms with Crippen LogP contribution in [0.3, 0.4) is 0 Å². The molecule has 8 nitrogen and oxygen atoms in total. The Morgan fingerprint density at radius 3 is 1.88 bits per heavy atom. The average Bonchev–Trinajstić information content (AvgIpc) is 2.23. The molecule has 0 aromatic rings. The largest absolute Gasteiger partial charge is 0.387 e.